The van der Waals surface area contributed by atoms with Gasteiger partial charge in [0.1, 0.15) is 0 Å². The molecule has 0 spiro atoms. The van der Waals surface area contributed by atoms with Gasteiger partial charge >= 0.3 is 0 Å². The van der Waals surface area contributed by atoms with Crippen LogP contribution in [0.4, 0.5) is 14.5 Å². The Balaban J connectivity index is 1.71. The van der Waals surface area contributed by atoms with Crippen LogP contribution in [0.5, 0.6) is 5.75 Å². The van der Waals surface area contributed by atoms with E-state index in [4.69, 9.17) is 5.73 Å². The molecule has 0 amide bonds. The van der Waals surface area contributed by atoms with Crippen molar-refractivity contribution in [1.82, 2.24) is 4.98 Å². The fraction of sp³-hybridized carbons (Fsp3) is 0.286. The summed E-state index contributed by atoms with van der Waals surface area (Å²) in [5.74, 6) is -2.94. The van der Waals surface area contributed by atoms with E-state index in [1.54, 1.807) is 12.3 Å². The van der Waals surface area contributed by atoms with Crippen LogP contribution in [0, 0.1) is 17.7 Å². The van der Waals surface area contributed by atoms with Crippen molar-refractivity contribution in [2.45, 2.75) is 37.8 Å². The first-order valence-corrected chi connectivity index (χ1v) is 9.02. The molecule has 4 rings (SSSR count). The molecule has 1 heterocycles. The monoisotopic (exact) mass is 368 g/mol. The second kappa shape index (κ2) is 7.12. The summed E-state index contributed by atoms with van der Waals surface area (Å²) in [6, 6.07) is 11.4. The molecule has 0 unspecified atom stereocenters. The molecule has 1 radical (unpaired) electrons. The van der Waals surface area contributed by atoms with Crippen LogP contribution in [0.3, 0.4) is 0 Å². The van der Waals surface area contributed by atoms with E-state index in [1.165, 1.54) is 0 Å². The zero-order valence-corrected chi connectivity index (χ0v) is 14.7. The molecular formula is C21H20F2N3O. The largest absolute Gasteiger partial charge is 0.503 e. The third kappa shape index (κ3) is 3.57. The van der Waals surface area contributed by atoms with Gasteiger partial charge < -0.3 is 16.2 Å². The topological polar surface area (TPSA) is 71.2 Å². The molecule has 0 bridgehead atoms. The second-order valence-electron chi connectivity index (χ2n) is 7.05. The molecule has 3 aromatic rings. The lowest BCUT2D eigenvalue weighted by Crippen LogP contribution is -2.32. The van der Waals surface area contributed by atoms with E-state index in [0.717, 1.165) is 54.4 Å². The van der Waals surface area contributed by atoms with E-state index in [9.17, 15) is 13.9 Å². The van der Waals surface area contributed by atoms with Crippen LogP contribution in [0.2, 0.25) is 0 Å². The number of nitrogens with one attached hydrogen (secondary N) is 1. The van der Waals surface area contributed by atoms with E-state index >= 15 is 0 Å². The number of hydrogen-bond acceptors (Lipinski definition) is 4. The first kappa shape index (κ1) is 17.7. The lowest BCUT2D eigenvalue weighted by molar-refractivity contribution is 0.396. The number of anilines is 1. The number of aromatic nitrogens is 1. The van der Waals surface area contributed by atoms with Crippen molar-refractivity contribution in [1.29, 1.82) is 0 Å². The molecule has 4 N–H and O–H groups in total. The molecule has 0 aliphatic heterocycles. The Morgan fingerprint density at radius 1 is 1.04 bits per heavy atom. The molecule has 27 heavy (non-hydrogen) atoms. The van der Waals surface area contributed by atoms with Crippen molar-refractivity contribution >= 4 is 16.6 Å². The summed E-state index contributed by atoms with van der Waals surface area (Å²) >= 11 is 0. The number of benzene rings is 2. The molecule has 2 aromatic carbocycles. The van der Waals surface area contributed by atoms with Crippen molar-refractivity contribution in [3.8, 4) is 16.9 Å². The first-order valence-electron chi connectivity index (χ1n) is 9.02. The zero-order valence-electron chi connectivity index (χ0n) is 14.7. The maximum Gasteiger partial charge on any atom is 0.187 e. The quantitative estimate of drug-likeness (QED) is 0.642. The van der Waals surface area contributed by atoms with Gasteiger partial charge in [0.2, 0.25) is 0 Å². The summed E-state index contributed by atoms with van der Waals surface area (Å²) in [6.45, 7) is 0. The molecule has 0 atom stereocenters. The summed E-state index contributed by atoms with van der Waals surface area (Å²) < 4.78 is 27.5. The number of rotatable bonds is 3. The molecule has 1 fully saturated rings. The van der Waals surface area contributed by atoms with Crippen LogP contribution >= 0.6 is 0 Å². The van der Waals surface area contributed by atoms with Gasteiger partial charge in [-0.25, -0.2) is 8.78 Å². The summed E-state index contributed by atoms with van der Waals surface area (Å²) in [7, 11) is 0. The van der Waals surface area contributed by atoms with Crippen LogP contribution < -0.4 is 11.1 Å². The highest BCUT2D eigenvalue weighted by Gasteiger charge is 2.19. The summed E-state index contributed by atoms with van der Waals surface area (Å²) in [5.41, 5.74) is 8.55. The Bertz CT molecular complexity index is 961. The lowest BCUT2D eigenvalue weighted by atomic mass is 9.91. The number of nitrogens with two attached hydrogens (primary N) is 1. The predicted molar refractivity (Wildman–Crippen MR) is 101 cm³/mol. The maximum absolute atomic E-state index is 13.7. The number of phenolic OH excluding ortho intramolecular Hbond substituents is 1. The van der Waals surface area contributed by atoms with Gasteiger partial charge in [0.15, 0.2) is 17.4 Å². The van der Waals surface area contributed by atoms with E-state index in [0.29, 0.717) is 17.2 Å². The maximum atomic E-state index is 13.7. The van der Waals surface area contributed by atoms with E-state index in [-0.39, 0.29) is 6.04 Å². The third-order valence-electron chi connectivity index (χ3n) is 5.15. The molecule has 1 aliphatic carbocycles. The van der Waals surface area contributed by atoms with Gasteiger partial charge in [0.05, 0.1) is 11.2 Å². The highest BCUT2D eigenvalue weighted by Crippen LogP contribution is 2.32. The average Bonchev–Trinajstić information content (AvgIpc) is 2.67. The van der Waals surface area contributed by atoms with Gasteiger partial charge in [0.25, 0.3) is 0 Å². The van der Waals surface area contributed by atoms with Crippen LogP contribution in [0.15, 0.2) is 36.5 Å². The Kier molecular flexibility index (Phi) is 4.66. The molecule has 139 valence electrons. The standard InChI is InChI=1S/C21H20F2N3O/c22-17-10-13(11-18(23)21(17)27)12-1-6-19-16(9-12)20(7-8-25-19)26-15-4-2-14(24)3-5-15/h1,6,8-11,14-15,27H,2-5,24H2,(H,25,26)/t14-,15-. The smallest absolute Gasteiger partial charge is 0.187 e. The second-order valence-corrected chi connectivity index (χ2v) is 7.05. The van der Waals surface area contributed by atoms with Crippen molar-refractivity contribution in [2.24, 2.45) is 5.73 Å². The van der Waals surface area contributed by atoms with Crippen LogP contribution in [0.25, 0.3) is 22.0 Å². The number of fused-ring (bicyclic) bond motifs is 1. The molecule has 6 heteroatoms. The highest BCUT2D eigenvalue weighted by molar-refractivity contribution is 5.94. The van der Waals surface area contributed by atoms with Crippen molar-refractivity contribution in [3.63, 3.8) is 0 Å². The molecule has 0 saturated heterocycles. The van der Waals surface area contributed by atoms with Crippen molar-refractivity contribution < 1.29 is 13.9 Å². The Hall–Kier alpha value is -2.73. The van der Waals surface area contributed by atoms with Gasteiger partial charge in [-0.1, -0.05) is 6.07 Å². The fourth-order valence-corrected chi connectivity index (χ4v) is 3.59. The minimum absolute atomic E-state index is 0.270. The number of pyridine rings is 1. The predicted octanol–water partition coefficient (Wildman–Crippen LogP) is 4.37. The van der Waals surface area contributed by atoms with Gasteiger partial charge in [-0.15, -0.1) is 0 Å². The summed E-state index contributed by atoms with van der Waals surface area (Å²) in [4.78, 5) is 4.33. The minimum atomic E-state index is -0.986. The molecule has 1 aliphatic rings. The third-order valence-corrected chi connectivity index (χ3v) is 5.15. The number of halogens is 2. The number of hydrogen-bond donors (Lipinski definition) is 3. The van der Waals surface area contributed by atoms with Gasteiger partial charge in [0, 0.05) is 29.7 Å². The summed E-state index contributed by atoms with van der Waals surface area (Å²) in [6.07, 6.45) is 5.58. The molecule has 1 saturated carbocycles. The normalized spacial score (nSPS) is 20.0. The van der Waals surface area contributed by atoms with Crippen LogP contribution in [-0.2, 0) is 0 Å². The van der Waals surface area contributed by atoms with E-state index in [2.05, 4.69) is 16.4 Å². The first-order chi connectivity index (χ1) is 13.0. The van der Waals surface area contributed by atoms with E-state index < -0.39 is 17.4 Å². The fourth-order valence-electron chi connectivity index (χ4n) is 3.59. The van der Waals surface area contributed by atoms with Crippen LogP contribution in [-0.4, -0.2) is 22.2 Å². The minimum Gasteiger partial charge on any atom is -0.503 e. The van der Waals surface area contributed by atoms with Gasteiger partial charge in [-0.05, 0) is 61.1 Å². The zero-order chi connectivity index (χ0) is 19.0. The molecular weight excluding hydrogens is 348 g/mol. The Labute approximate surface area is 156 Å². The average molecular weight is 368 g/mol. The summed E-state index contributed by atoms with van der Waals surface area (Å²) in [5, 5.41) is 13.7. The van der Waals surface area contributed by atoms with E-state index in [1.807, 2.05) is 12.1 Å². The number of nitrogens with zero attached hydrogens (tertiary/aromatic N) is 1. The molecule has 4 nitrogen and oxygen atoms in total. The van der Waals surface area contributed by atoms with Crippen molar-refractivity contribution in [2.75, 3.05) is 5.32 Å². The lowest BCUT2D eigenvalue weighted by Gasteiger charge is -2.28. The van der Waals surface area contributed by atoms with Gasteiger partial charge in [-0.3, -0.25) is 4.98 Å². The van der Waals surface area contributed by atoms with Crippen LogP contribution in [0.1, 0.15) is 25.7 Å². The highest BCUT2D eigenvalue weighted by atomic mass is 19.1. The number of aromatic hydroxyl groups is 1. The Morgan fingerprint density at radius 3 is 2.44 bits per heavy atom. The number of phenols is 1. The van der Waals surface area contributed by atoms with Crippen molar-refractivity contribution in [3.05, 3.63) is 54.2 Å². The molecule has 1 aromatic heterocycles. The Morgan fingerprint density at radius 2 is 1.74 bits per heavy atom. The van der Waals surface area contributed by atoms with Gasteiger partial charge in [-0.2, -0.15) is 0 Å². The SMILES string of the molecule is N[C@H]1CC[C@H](Nc2[c]cnc3ccc(-c4cc(F)c(O)c(F)c4)cc23)CC1.